The number of hydrogen-bond acceptors (Lipinski definition) is 5. The Hall–Kier alpha value is -3.93. The van der Waals surface area contributed by atoms with Gasteiger partial charge in [0, 0.05) is 5.57 Å². The third-order valence-electron chi connectivity index (χ3n) is 7.66. The Bertz CT molecular complexity index is 1410. The molecule has 0 saturated heterocycles. The Morgan fingerprint density at radius 3 is 1.93 bits per heavy atom. The van der Waals surface area contributed by atoms with Gasteiger partial charge in [0.25, 0.3) is 0 Å². The molecule has 1 aliphatic carbocycles. The van der Waals surface area contributed by atoms with Gasteiger partial charge >= 0.3 is 0 Å². The summed E-state index contributed by atoms with van der Waals surface area (Å²) in [5.74, 6) is 0. The summed E-state index contributed by atoms with van der Waals surface area (Å²) in [6, 6.07) is 31.7. The maximum Gasteiger partial charge on any atom is 0.134 e. The fourth-order valence-corrected chi connectivity index (χ4v) is 6.26. The van der Waals surface area contributed by atoms with Crippen LogP contribution in [0.3, 0.4) is 0 Å². The number of hydrogen-bond donors (Lipinski definition) is 1. The summed E-state index contributed by atoms with van der Waals surface area (Å²) >= 11 is 6.50. The monoisotopic (exact) mass is 548 g/mol. The van der Waals surface area contributed by atoms with E-state index in [1.165, 1.54) is 0 Å². The number of nitrogens with zero attached hydrogens (tertiary/aromatic N) is 3. The predicted molar refractivity (Wildman–Crippen MR) is 163 cm³/mol. The van der Waals surface area contributed by atoms with E-state index in [1.54, 1.807) is 6.34 Å². The molecule has 3 aromatic rings. The average molecular weight is 549 g/mol. The van der Waals surface area contributed by atoms with E-state index in [0.717, 1.165) is 28.0 Å². The molecule has 0 bridgehead atoms. The van der Waals surface area contributed by atoms with E-state index in [9.17, 15) is 0 Å². The molecule has 6 rings (SSSR count). The molecule has 40 heavy (non-hydrogen) atoms. The van der Waals surface area contributed by atoms with Crippen LogP contribution in [0, 0.1) is 0 Å². The lowest BCUT2D eigenvalue weighted by atomic mass is 9.75. The molecule has 0 amide bonds. The van der Waals surface area contributed by atoms with Crippen LogP contribution in [0.2, 0.25) is 0 Å². The average Bonchev–Trinajstić information content (AvgIpc) is 3.35. The molecule has 0 spiro atoms. The zero-order valence-corrected chi connectivity index (χ0v) is 23.7. The van der Waals surface area contributed by atoms with Gasteiger partial charge in [-0.1, -0.05) is 115 Å². The molecule has 202 valence electrons. The quantitative estimate of drug-likeness (QED) is 0.201. The minimum atomic E-state index is -0.759. The molecular formula is C34H33ClN4O. The van der Waals surface area contributed by atoms with Crippen molar-refractivity contribution in [3.63, 3.8) is 0 Å². The minimum Gasteiger partial charge on any atom is -0.367 e. The van der Waals surface area contributed by atoms with Crippen LogP contribution in [-0.4, -0.2) is 40.8 Å². The topological polar surface area (TPSA) is 49.2 Å². The zero-order valence-electron chi connectivity index (χ0n) is 22.9. The van der Waals surface area contributed by atoms with Gasteiger partial charge in [-0.2, -0.15) is 5.10 Å². The highest BCUT2D eigenvalue weighted by Crippen LogP contribution is 2.49. The van der Waals surface area contributed by atoms with Crippen molar-refractivity contribution in [2.45, 2.75) is 50.1 Å². The van der Waals surface area contributed by atoms with E-state index >= 15 is 0 Å². The highest BCUT2D eigenvalue weighted by atomic mass is 35.5. The molecule has 0 aromatic heterocycles. The van der Waals surface area contributed by atoms with E-state index < -0.39 is 11.1 Å². The Balaban J connectivity index is 1.64. The van der Waals surface area contributed by atoms with E-state index in [1.807, 2.05) is 6.08 Å². The third kappa shape index (κ3) is 4.49. The lowest BCUT2D eigenvalue weighted by Crippen LogP contribution is -2.48. The molecule has 3 aromatic carbocycles. The van der Waals surface area contributed by atoms with Gasteiger partial charge in [-0.15, -0.1) is 0 Å². The Kier molecular flexibility index (Phi) is 6.95. The molecule has 2 aliphatic heterocycles. The van der Waals surface area contributed by atoms with Gasteiger partial charge in [0.2, 0.25) is 0 Å². The molecule has 3 atom stereocenters. The van der Waals surface area contributed by atoms with E-state index in [4.69, 9.17) is 26.4 Å². The summed E-state index contributed by atoms with van der Waals surface area (Å²) in [6.07, 6.45) is 10.1. The zero-order chi connectivity index (χ0) is 27.7. The van der Waals surface area contributed by atoms with Gasteiger partial charge in [-0.05, 0) is 49.6 Å². The van der Waals surface area contributed by atoms with Crippen LogP contribution < -0.4 is 5.32 Å². The van der Waals surface area contributed by atoms with Crippen molar-refractivity contribution in [1.29, 1.82) is 0 Å². The second-order valence-corrected chi connectivity index (χ2v) is 11.2. The van der Waals surface area contributed by atoms with E-state index in [-0.39, 0.29) is 18.2 Å². The molecule has 1 N–H and O–H groups in total. The number of ether oxygens (including phenoxy) is 1. The normalized spacial score (nSPS) is 23.8. The Morgan fingerprint density at radius 1 is 0.875 bits per heavy atom. The van der Waals surface area contributed by atoms with Gasteiger partial charge in [0.15, 0.2) is 0 Å². The number of halogens is 1. The second-order valence-electron chi connectivity index (χ2n) is 10.7. The van der Waals surface area contributed by atoms with Crippen LogP contribution >= 0.6 is 11.6 Å². The van der Waals surface area contributed by atoms with E-state index in [2.05, 4.69) is 140 Å². The standard InChI is InChI=1S/C34H33ClN4O/c1-24(2)40-28-19-20-30-29(21-28)32(33(3)22-31(35)36-23-37-33)38-39(30)34(25-13-7-4-8-14-25,26-15-9-5-10-16-26)27-17-11-6-12-18-27/h4-24,28,30H,1-3H3,(H,36,37). The number of benzene rings is 3. The summed E-state index contributed by atoms with van der Waals surface area (Å²) in [5, 5.41) is 11.3. The molecular weight excluding hydrogens is 516 g/mol. The molecule has 0 fully saturated rings. The van der Waals surface area contributed by atoms with Gasteiger partial charge in [-0.3, -0.25) is 10.0 Å². The summed E-state index contributed by atoms with van der Waals surface area (Å²) in [6.45, 7) is 6.17. The molecule has 5 nitrogen and oxygen atoms in total. The van der Waals surface area contributed by atoms with E-state index in [0.29, 0.717) is 5.16 Å². The molecule has 3 aliphatic rings. The summed E-state index contributed by atoms with van der Waals surface area (Å²) in [7, 11) is 0. The van der Waals surface area contributed by atoms with Crippen molar-refractivity contribution in [3.8, 4) is 0 Å². The first-order valence-electron chi connectivity index (χ1n) is 13.7. The van der Waals surface area contributed by atoms with Crippen LogP contribution in [0.15, 0.2) is 136 Å². The number of fused-ring (bicyclic) bond motifs is 1. The number of rotatable bonds is 7. The van der Waals surface area contributed by atoms with Gasteiger partial charge in [0.05, 0.1) is 30.3 Å². The SMILES string of the molecule is CC(C)OC1C=CC2C(=C1)C(C1(C)C=C(Cl)NC=N1)=NN2C(c1ccccc1)(c1ccccc1)c1ccccc1. The molecule has 0 saturated carbocycles. The van der Waals surface area contributed by atoms with Crippen LogP contribution in [0.5, 0.6) is 0 Å². The van der Waals surface area contributed by atoms with Crippen molar-refractivity contribution >= 4 is 23.7 Å². The summed E-state index contributed by atoms with van der Waals surface area (Å²) in [5.41, 5.74) is 3.80. The van der Waals surface area contributed by atoms with Crippen molar-refractivity contribution in [1.82, 2.24) is 10.3 Å². The first-order chi connectivity index (χ1) is 19.4. The fourth-order valence-electron chi connectivity index (χ4n) is 6.00. The van der Waals surface area contributed by atoms with Crippen LogP contribution in [0.1, 0.15) is 37.5 Å². The van der Waals surface area contributed by atoms with Crippen LogP contribution in [-0.2, 0) is 10.3 Å². The Labute approximate surface area is 241 Å². The van der Waals surface area contributed by atoms with Crippen molar-refractivity contribution in [2.75, 3.05) is 0 Å². The number of hydrazone groups is 1. The molecule has 3 unspecified atom stereocenters. The third-order valence-corrected chi connectivity index (χ3v) is 7.88. The first-order valence-corrected chi connectivity index (χ1v) is 14.1. The highest BCUT2D eigenvalue weighted by Gasteiger charge is 2.52. The summed E-state index contributed by atoms with van der Waals surface area (Å²) in [4.78, 5) is 4.85. The van der Waals surface area contributed by atoms with Crippen LogP contribution in [0.4, 0.5) is 0 Å². The van der Waals surface area contributed by atoms with Gasteiger partial charge in [-0.25, -0.2) is 0 Å². The maximum atomic E-state index is 6.50. The lowest BCUT2D eigenvalue weighted by molar-refractivity contribution is 0.0583. The van der Waals surface area contributed by atoms with Gasteiger partial charge < -0.3 is 10.1 Å². The largest absolute Gasteiger partial charge is 0.367 e. The van der Waals surface area contributed by atoms with Crippen molar-refractivity contribution < 1.29 is 4.74 Å². The molecule has 0 radical (unpaired) electrons. The fraction of sp³-hybridized carbons (Fsp3) is 0.235. The lowest BCUT2D eigenvalue weighted by Gasteiger charge is -2.45. The van der Waals surface area contributed by atoms with Crippen molar-refractivity contribution in [2.24, 2.45) is 10.1 Å². The molecule has 2 heterocycles. The highest BCUT2D eigenvalue weighted by molar-refractivity contribution is 6.30. The van der Waals surface area contributed by atoms with Gasteiger partial charge in [0.1, 0.15) is 16.2 Å². The maximum absolute atomic E-state index is 6.50. The smallest absolute Gasteiger partial charge is 0.134 e. The predicted octanol–water partition coefficient (Wildman–Crippen LogP) is 6.78. The Morgan fingerprint density at radius 2 is 1.43 bits per heavy atom. The summed E-state index contributed by atoms with van der Waals surface area (Å²) < 4.78 is 6.23. The van der Waals surface area contributed by atoms with Crippen molar-refractivity contribution in [3.05, 3.63) is 143 Å². The first kappa shape index (κ1) is 26.3. The number of aliphatic imine (C=N–C) groups is 1. The molecule has 6 heteroatoms. The van der Waals surface area contributed by atoms with Crippen LogP contribution in [0.25, 0.3) is 0 Å². The second kappa shape index (κ2) is 10.6. The number of nitrogens with one attached hydrogen (secondary N) is 1. The minimum absolute atomic E-state index is 0.0832.